The Kier molecular flexibility index (Phi) is 5.20. The van der Waals surface area contributed by atoms with Gasteiger partial charge in [0, 0.05) is 13.0 Å². The van der Waals surface area contributed by atoms with E-state index in [-0.39, 0.29) is 12.3 Å². The minimum atomic E-state index is -1.19. The van der Waals surface area contributed by atoms with Crippen LogP contribution in [0.2, 0.25) is 0 Å². The number of hydrogen-bond donors (Lipinski definition) is 2. The summed E-state index contributed by atoms with van der Waals surface area (Å²) in [4.78, 5) is 21.7. The lowest BCUT2D eigenvalue weighted by molar-refractivity contribution is -0.402. The zero-order valence-corrected chi connectivity index (χ0v) is 13.3. The molecule has 1 heterocycles. The van der Waals surface area contributed by atoms with Gasteiger partial charge in [-0.25, -0.2) is 0 Å². The average Bonchev–Trinajstić information content (AvgIpc) is 3.03. The molecule has 8 heteroatoms. The van der Waals surface area contributed by atoms with Gasteiger partial charge in [-0.1, -0.05) is 12.1 Å². The first kappa shape index (κ1) is 17.5. The van der Waals surface area contributed by atoms with Crippen LogP contribution in [0.1, 0.15) is 23.0 Å². The van der Waals surface area contributed by atoms with Crippen LogP contribution in [-0.2, 0) is 6.42 Å². The number of benzene rings is 1. The Balaban J connectivity index is 1.92. The Labute approximate surface area is 138 Å². The summed E-state index contributed by atoms with van der Waals surface area (Å²) in [6.45, 7) is 1.55. The number of nitro groups is 1. The van der Waals surface area contributed by atoms with E-state index in [0.29, 0.717) is 12.2 Å². The van der Waals surface area contributed by atoms with E-state index in [1.165, 1.54) is 6.07 Å². The summed E-state index contributed by atoms with van der Waals surface area (Å²) >= 11 is 0. The maximum atomic E-state index is 11.9. The predicted molar refractivity (Wildman–Crippen MR) is 85.0 cm³/mol. The third kappa shape index (κ3) is 4.56. The summed E-state index contributed by atoms with van der Waals surface area (Å²) in [7, 11) is 1.57. The van der Waals surface area contributed by atoms with Crippen LogP contribution in [0.3, 0.4) is 0 Å². The van der Waals surface area contributed by atoms with Crippen molar-refractivity contribution in [3.63, 3.8) is 0 Å². The third-order valence-corrected chi connectivity index (χ3v) is 3.37. The molecule has 2 N–H and O–H groups in total. The number of nitrogens with zero attached hydrogens (tertiary/aromatic N) is 1. The lowest BCUT2D eigenvalue weighted by atomic mass is 9.96. The highest BCUT2D eigenvalue weighted by atomic mass is 16.6. The van der Waals surface area contributed by atoms with Gasteiger partial charge >= 0.3 is 5.88 Å². The highest BCUT2D eigenvalue weighted by Gasteiger charge is 2.24. The van der Waals surface area contributed by atoms with E-state index < -0.39 is 22.3 Å². The van der Waals surface area contributed by atoms with Crippen molar-refractivity contribution in [2.75, 3.05) is 13.7 Å². The predicted octanol–water partition coefficient (Wildman–Crippen LogP) is 1.92. The summed E-state index contributed by atoms with van der Waals surface area (Å²) in [6.07, 6.45) is 0.315. The normalized spacial score (nSPS) is 13.1. The van der Waals surface area contributed by atoms with Crippen LogP contribution in [-0.4, -0.2) is 35.2 Å². The second-order valence-electron chi connectivity index (χ2n) is 5.60. The Morgan fingerprint density at radius 3 is 2.54 bits per heavy atom. The topological polar surface area (TPSA) is 115 Å². The van der Waals surface area contributed by atoms with Crippen LogP contribution in [0.25, 0.3) is 0 Å². The van der Waals surface area contributed by atoms with Gasteiger partial charge in [0.15, 0.2) is 5.76 Å². The SMILES string of the molecule is COc1ccc(CC(C)(O)CNC(=O)c2ccc([N+](=O)[O-])o2)cc1. The Bertz CT molecular complexity index is 720. The molecule has 1 aromatic heterocycles. The molecule has 0 saturated heterocycles. The smallest absolute Gasteiger partial charge is 0.433 e. The molecule has 0 saturated carbocycles. The second-order valence-corrected chi connectivity index (χ2v) is 5.60. The fraction of sp³-hybridized carbons (Fsp3) is 0.312. The number of amides is 1. The Morgan fingerprint density at radius 2 is 2.00 bits per heavy atom. The molecule has 1 atom stereocenters. The molecule has 1 aromatic carbocycles. The summed E-state index contributed by atoms with van der Waals surface area (Å²) in [5.74, 6) is -0.601. The lowest BCUT2D eigenvalue weighted by Crippen LogP contribution is -2.42. The Hall–Kier alpha value is -2.87. The number of methoxy groups -OCH3 is 1. The van der Waals surface area contributed by atoms with E-state index in [4.69, 9.17) is 9.15 Å². The molecule has 0 fully saturated rings. The van der Waals surface area contributed by atoms with Crippen molar-refractivity contribution in [2.24, 2.45) is 0 Å². The van der Waals surface area contributed by atoms with E-state index in [2.05, 4.69) is 5.32 Å². The summed E-state index contributed by atoms with van der Waals surface area (Å²) < 4.78 is 9.88. The van der Waals surface area contributed by atoms with E-state index in [1.54, 1.807) is 26.2 Å². The molecule has 1 unspecified atom stereocenters. The minimum Gasteiger partial charge on any atom is -0.497 e. The van der Waals surface area contributed by atoms with Gasteiger partial charge in [-0.15, -0.1) is 0 Å². The third-order valence-electron chi connectivity index (χ3n) is 3.37. The van der Waals surface area contributed by atoms with Crippen molar-refractivity contribution >= 4 is 11.8 Å². The standard InChI is InChI=1S/C16H18N2O6/c1-16(20,9-11-3-5-12(23-2)6-4-11)10-17-15(19)13-7-8-14(24-13)18(21)22/h3-8,20H,9-10H2,1-2H3,(H,17,19). The first-order valence-corrected chi connectivity index (χ1v) is 7.18. The van der Waals surface area contributed by atoms with Gasteiger partial charge in [0.05, 0.1) is 18.8 Å². The minimum absolute atomic E-state index is 0.0354. The van der Waals surface area contributed by atoms with Gasteiger partial charge in [0.2, 0.25) is 0 Å². The van der Waals surface area contributed by atoms with Gasteiger partial charge in [-0.05, 0) is 30.7 Å². The number of rotatable bonds is 7. The van der Waals surface area contributed by atoms with E-state index in [1.807, 2.05) is 12.1 Å². The molecular formula is C16H18N2O6. The maximum absolute atomic E-state index is 11.9. The van der Waals surface area contributed by atoms with Crippen molar-refractivity contribution < 1.29 is 24.0 Å². The number of ether oxygens (including phenoxy) is 1. The van der Waals surface area contributed by atoms with Crippen LogP contribution in [0, 0.1) is 10.1 Å². The number of furan rings is 1. The lowest BCUT2D eigenvalue weighted by Gasteiger charge is -2.23. The monoisotopic (exact) mass is 334 g/mol. The van der Waals surface area contributed by atoms with Gasteiger partial charge < -0.3 is 19.6 Å². The molecule has 0 aliphatic heterocycles. The Morgan fingerprint density at radius 1 is 1.33 bits per heavy atom. The van der Waals surface area contributed by atoms with E-state index in [0.717, 1.165) is 11.6 Å². The summed E-state index contributed by atoms with van der Waals surface area (Å²) in [5.41, 5.74) is -0.313. The van der Waals surface area contributed by atoms with Crippen LogP contribution < -0.4 is 10.1 Å². The van der Waals surface area contributed by atoms with Crippen LogP contribution in [0.4, 0.5) is 5.88 Å². The highest BCUT2D eigenvalue weighted by Crippen LogP contribution is 2.18. The molecule has 128 valence electrons. The molecule has 0 spiro atoms. The molecule has 2 aromatic rings. The molecule has 8 nitrogen and oxygen atoms in total. The largest absolute Gasteiger partial charge is 0.497 e. The fourth-order valence-electron chi connectivity index (χ4n) is 2.15. The zero-order valence-electron chi connectivity index (χ0n) is 13.3. The quantitative estimate of drug-likeness (QED) is 0.590. The number of carbonyl (C=O) groups is 1. The molecule has 1 amide bonds. The maximum Gasteiger partial charge on any atom is 0.433 e. The van der Waals surface area contributed by atoms with E-state index in [9.17, 15) is 20.0 Å². The summed E-state index contributed by atoms with van der Waals surface area (Å²) in [6, 6.07) is 9.53. The molecule has 2 rings (SSSR count). The van der Waals surface area contributed by atoms with Crippen LogP contribution in [0.5, 0.6) is 5.75 Å². The number of carbonyl (C=O) groups excluding carboxylic acids is 1. The van der Waals surface area contributed by atoms with Gasteiger partial charge in [0.25, 0.3) is 5.91 Å². The number of aliphatic hydroxyl groups is 1. The summed E-state index contributed by atoms with van der Waals surface area (Å²) in [5, 5.41) is 23.4. The van der Waals surface area contributed by atoms with E-state index >= 15 is 0 Å². The van der Waals surface area contributed by atoms with Crippen molar-refractivity contribution in [2.45, 2.75) is 18.9 Å². The van der Waals surface area contributed by atoms with Crippen molar-refractivity contribution in [1.82, 2.24) is 5.32 Å². The van der Waals surface area contributed by atoms with Crippen molar-refractivity contribution in [3.8, 4) is 5.75 Å². The molecule has 0 aliphatic rings. The highest BCUT2D eigenvalue weighted by molar-refractivity contribution is 5.91. The van der Waals surface area contributed by atoms with Gasteiger partial charge in [0.1, 0.15) is 10.7 Å². The number of hydrogen-bond acceptors (Lipinski definition) is 6. The molecular weight excluding hydrogens is 316 g/mol. The molecule has 0 bridgehead atoms. The molecule has 24 heavy (non-hydrogen) atoms. The zero-order chi connectivity index (χ0) is 17.7. The fourth-order valence-corrected chi connectivity index (χ4v) is 2.15. The van der Waals surface area contributed by atoms with Crippen molar-refractivity contribution in [3.05, 3.63) is 57.8 Å². The van der Waals surface area contributed by atoms with Crippen LogP contribution >= 0.6 is 0 Å². The first-order valence-electron chi connectivity index (χ1n) is 7.18. The second kappa shape index (κ2) is 7.14. The van der Waals surface area contributed by atoms with Gasteiger partial charge in [-0.2, -0.15) is 0 Å². The molecule has 0 aliphatic carbocycles. The average molecular weight is 334 g/mol. The molecule has 0 radical (unpaired) electrons. The first-order chi connectivity index (χ1) is 11.3. The van der Waals surface area contributed by atoms with Gasteiger partial charge in [-0.3, -0.25) is 14.9 Å². The number of nitrogens with one attached hydrogen (secondary N) is 1. The van der Waals surface area contributed by atoms with Crippen molar-refractivity contribution in [1.29, 1.82) is 0 Å². The van der Waals surface area contributed by atoms with Crippen LogP contribution in [0.15, 0.2) is 40.8 Å².